The van der Waals surface area contributed by atoms with Crippen molar-refractivity contribution < 1.29 is 14.4 Å². The first-order valence-electron chi connectivity index (χ1n) is 8.92. The number of ether oxygens (including phenoxy) is 1. The van der Waals surface area contributed by atoms with Crippen LogP contribution in [0.2, 0.25) is 0 Å². The highest BCUT2D eigenvalue weighted by Crippen LogP contribution is 2.22. The first-order valence-corrected chi connectivity index (χ1v) is 9.33. The Balaban J connectivity index is 2.07. The third-order valence-corrected chi connectivity index (χ3v) is 4.58. The van der Waals surface area contributed by atoms with Crippen molar-refractivity contribution in [2.24, 2.45) is 0 Å². The second-order valence-electron chi connectivity index (χ2n) is 6.54. The minimum Gasteiger partial charge on any atom is -0.502 e. The van der Waals surface area contributed by atoms with Gasteiger partial charge < -0.3 is 15.2 Å². The van der Waals surface area contributed by atoms with Crippen LogP contribution in [0.5, 0.6) is 5.75 Å². The summed E-state index contributed by atoms with van der Waals surface area (Å²) in [5.41, 5.74) is 4.21. The molecule has 0 atom stereocenters. The summed E-state index contributed by atoms with van der Waals surface area (Å²) in [6, 6.07) is 19.1. The number of aromatic nitrogens is 1. The van der Waals surface area contributed by atoms with Crippen molar-refractivity contribution in [1.82, 2.24) is 0 Å². The van der Waals surface area contributed by atoms with Crippen LogP contribution in [0.1, 0.15) is 16.7 Å². The molecule has 0 amide bonds. The van der Waals surface area contributed by atoms with Crippen molar-refractivity contribution in [1.29, 1.82) is 0 Å². The minimum atomic E-state index is 0.0865. The number of anilines is 1. The molecule has 0 radical (unpaired) electrons. The number of aliphatic hydroxyl groups excluding tert-OH is 1. The van der Waals surface area contributed by atoms with Gasteiger partial charge in [-0.2, -0.15) is 4.57 Å². The number of hydrogen-bond donors (Lipinski definition) is 2. The number of aliphatic hydroxyl groups is 1. The molecule has 4 nitrogen and oxygen atoms in total. The second-order valence-corrected chi connectivity index (χ2v) is 6.95. The number of methoxy groups -OCH3 is 1. The van der Waals surface area contributed by atoms with E-state index in [1.165, 1.54) is 0 Å². The number of rotatable bonds is 5. The summed E-state index contributed by atoms with van der Waals surface area (Å²) >= 11 is 5.68. The van der Waals surface area contributed by atoms with E-state index < -0.39 is 0 Å². The lowest BCUT2D eigenvalue weighted by Crippen LogP contribution is -2.38. The van der Waals surface area contributed by atoms with Crippen molar-refractivity contribution in [3.8, 4) is 5.75 Å². The maximum atomic E-state index is 11.1. The molecule has 3 aromatic rings. The van der Waals surface area contributed by atoms with Gasteiger partial charge in [0, 0.05) is 22.9 Å². The quantitative estimate of drug-likeness (QED) is 0.280. The van der Waals surface area contributed by atoms with Crippen molar-refractivity contribution >= 4 is 34.3 Å². The first-order chi connectivity index (χ1) is 13.5. The van der Waals surface area contributed by atoms with E-state index in [0.717, 1.165) is 22.6 Å². The molecular formula is C23H23N2O2S+. The zero-order valence-corrected chi connectivity index (χ0v) is 17.0. The zero-order chi connectivity index (χ0) is 20.1. The van der Waals surface area contributed by atoms with Crippen molar-refractivity contribution in [3.05, 3.63) is 89.7 Å². The highest BCUT2D eigenvalue weighted by atomic mass is 32.1. The second kappa shape index (κ2) is 8.67. The van der Waals surface area contributed by atoms with E-state index in [0.29, 0.717) is 16.2 Å². The van der Waals surface area contributed by atoms with Gasteiger partial charge in [0.15, 0.2) is 23.1 Å². The molecule has 0 unspecified atom stereocenters. The van der Waals surface area contributed by atoms with E-state index >= 15 is 0 Å². The van der Waals surface area contributed by atoms with Gasteiger partial charge in [0.05, 0.1) is 7.11 Å². The summed E-state index contributed by atoms with van der Waals surface area (Å²) in [4.78, 5) is 0.425. The lowest BCUT2D eigenvalue weighted by atomic mass is 10.1. The van der Waals surface area contributed by atoms with Crippen LogP contribution in [0.25, 0.3) is 11.5 Å². The third-order valence-electron chi connectivity index (χ3n) is 4.29. The Morgan fingerprint density at radius 3 is 2.36 bits per heavy atom. The lowest BCUT2D eigenvalue weighted by Gasteiger charge is -2.11. The van der Waals surface area contributed by atoms with Gasteiger partial charge >= 0.3 is 0 Å². The highest BCUT2D eigenvalue weighted by Gasteiger charge is 2.24. The fourth-order valence-corrected chi connectivity index (χ4v) is 3.20. The van der Waals surface area contributed by atoms with E-state index in [9.17, 15) is 5.11 Å². The molecule has 0 bridgehead atoms. The average Bonchev–Trinajstić information content (AvgIpc) is 2.68. The highest BCUT2D eigenvalue weighted by molar-refractivity contribution is 7.81. The van der Waals surface area contributed by atoms with Gasteiger partial charge in [-0.05, 0) is 61.9 Å². The molecule has 0 saturated heterocycles. The monoisotopic (exact) mass is 391 g/mol. The lowest BCUT2D eigenvalue weighted by molar-refractivity contribution is -0.576. The number of nitrogens with one attached hydrogen (secondary N) is 1. The Morgan fingerprint density at radius 1 is 1.00 bits per heavy atom. The van der Waals surface area contributed by atoms with Gasteiger partial charge in [-0.1, -0.05) is 24.4 Å². The van der Waals surface area contributed by atoms with E-state index in [2.05, 4.69) is 5.32 Å². The Morgan fingerprint density at radius 2 is 1.71 bits per heavy atom. The first kappa shape index (κ1) is 19.6. The molecule has 0 aliphatic heterocycles. The van der Waals surface area contributed by atoms with Gasteiger partial charge in [0.1, 0.15) is 5.75 Å². The molecular weight excluding hydrogens is 368 g/mol. The van der Waals surface area contributed by atoms with Gasteiger partial charge in [0.2, 0.25) is 0 Å². The average molecular weight is 392 g/mol. The molecule has 2 aromatic carbocycles. The molecule has 0 aliphatic carbocycles. The molecule has 0 spiro atoms. The SMILES string of the molecule is COc1ccc(C(O)=C(C(=S)Nc2cccc(C)c2)[n+]2cccc(C)c2)cc1. The number of benzene rings is 2. The summed E-state index contributed by atoms with van der Waals surface area (Å²) in [6.07, 6.45) is 3.80. The molecule has 0 saturated carbocycles. The fraction of sp³-hybridized carbons (Fsp3) is 0.130. The van der Waals surface area contributed by atoms with E-state index in [-0.39, 0.29) is 5.76 Å². The van der Waals surface area contributed by atoms with Crippen LogP contribution in [-0.2, 0) is 0 Å². The predicted octanol–water partition coefficient (Wildman–Crippen LogP) is 4.92. The zero-order valence-electron chi connectivity index (χ0n) is 16.1. The van der Waals surface area contributed by atoms with E-state index in [4.69, 9.17) is 17.0 Å². The van der Waals surface area contributed by atoms with Gasteiger partial charge in [-0.15, -0.1) is 0 Å². The van der Waals surface area contributed by atoms with Crippen molar-refractivity contribution in [2.75, 3.05) is 12.4 Å². The van der Waals surface area contributed by atoms with Crippen molar-refractivity contribution in [2.45, 2.75) is 13.8 Å². The molecule has 5 heteroatoms. The third kappa shape index (κ3) is 4.56. The maximum absolute atomic E-state index is 11.1. The van der Waals surface area contributed by atoms with Crippen LogP contribution in [0.15, 0.2) is 73.1 Å². The Bertz CT molecular complexity index is 1030. The maximum Gasteiger partial charge on any atom is 0.288 e. The molecule has 28 heavy (non-hydrogen) atoms. The van der Waals surface area contributed by atoms with Crippen LogP contribution in [-0.4, -0.2) is 17.2 Å². The number of thiocarbonyl (C=S) groups is 1. The van der Waals surface area contributed by atoms with Crippen LogP contribution in [0.3, 0.4) is 0 Å². The molecule has 3 rings (SSSR count). The standard InChI is InChI=1S/C23H22N2O2S/c1-16-6-4-8-19(14-16)24-23(28)21(25-13-5-7-17(2)15-25)22(26)18-9-11-20(27-3)12-10-18/h4-15H,1-3H3,(H-,24,26,28)/p+1. The molecule has 142 valence electrons. The van der Waals surface area contributed by atoms with Crippen molar-refractivity contribution in [3.63, 3.8) is 0 Å². The molecule has 0 fully saturated rings. The summed E-state index contributed by atoms with van der Waals surface area (Å²) in [5, 5.41) is 14.3. The number of aryl methyl sites for hydroxylation is 2. The normalized spacial score (nSPS) is 11.5. The fourth-order valence-electron chi connectivity index (χ4n) is 2.88. The van der Waals surface area contributed by atoms with Gasteiger partial charge in [-0.3, -0.25) is 0 Å². The molecule has 2 N–H and O–H groups in total. The number of hydrogen-bond acceptors (Lipinski definition) is 3. The van der Waals surface area contributed by atoms with Crippen LogP contribution >= 0.6 is 12.2 Å². The van der Waals surface area contributed by atoms with Gasteiger partial charge in [0.25, 0.3) is 5.70 Å². The topological polar surface area (TPSA) is 45.4 Å². The van der Waals surface area contributed by atoms with E-state index in [1.807, 2.05) is 67.2 Å². The molecule has 0 aliphatic rings. The Hall–Kier alpha value is -3.18. The Kier molecular flexibility index (Phi) is 6.06. The van der Waals surface area contributed by atoms with E-state index in [1.54, 1.807) is 31.4 Å². The number of nitrogens with zero attached hydrogens (tertiary/aromatic N) is 1. The van der Waals surface area contributed by atoms with Gasteiger partial charge in [-0.25, -0.2) is 0 Å². The number of pyridine rings is 1. The van der Waals surface area contributed by atoms with Crippen LogP contribution in [0, 0.1) is 13.8 Å². The predicted molar refractivity (Wildman–Crippen MR) is 118 cm³/mol. The smallest absolute Gasteiger partial charge is 0.288 e. The molecule has 1 aromatic heterocycles. The van der Waals surface area contributed by atoms with Crippen LogP contribution in [0.4, 0.5) is 5.69 Å². The molecule has 1 heterocycles. The summed E-state index contributed by atoms with van der Waals surface area (Å²) < 4.78 is 7.04. The largest absolute Gasteiger partial charge is 0.502 e. The summed E-state index contributed by atoms with van der Waals surface area (Å²) in [5.74, 6) is 0.810. The van der Waals surface area contributed by atoms with Crippen LogP contribution < -0.4 is 14.6 Å². The Labute approximate surface area is 170 Å². The summed E-state index contributed by atoms with van der Waals surface area (Å²) in [7, 11) is 1.61. The minimum absolute atomic E-state index is 0.0865. The summed E-state index contributed by atoms with van der Waals surface area (Å²) in [6.45, 7) is 4.02.